The molecular formula is C34H51N3. The van der Waals surface area contributed by atoms with Gasteiger partial charge in [0, 0.05) is 16.9 Å². The van der Waals surface area contributed by atoms with Gasteiger partial charge in [-0.2, -0.15) is 0 Å². The molecule has 1 aliphatic heterocycles. The van der Waals surface area contributed by atoms with Crippen LogP contribution in [-0.4, -0.2) is 16.2 Å². The van der Waals surface area contributed by atoms with Gasteiger partial charge in [0.1, 0.15) is 5.82 Å². The zero-order valence-corrected chi connectivity index (χ0v) is 25.3. The SMILES string of the molecule is C\C=C/C(C)=C(/C=C\C=C(\C)CC)C(=NC(CCc1ccc2c(n1)NC(C)(C)CC2)=C(C)C)C(C)CC. The van der Waals surface area contributed by atoms with E-state index >= 15 is 0 Å². The van der Waals surface area contributed by atoms with Gasteiger partial charge in [-0.05, 0) is 116 Å². The van der Waals surface area contributed by atoms with Gasteiger partial charge >= 0.3 is 0 Å². The first-order chi connectivity index (χ1) is 17.5. The van der Waals surface area contributed by atoms with Gasteiger partial charge in [0.05, 0.1) is 5.71 Å². The second-order valence-electron chi connectivity index (χ2n) is 11.4. The van der Waals surface area contributed by atoms with Crippen molar-refractivity contribution in [1.82, 2.24) is 4.98 Å². The first kappa shape index (κ1) is 30.5. The Morgan fingerprint density at radius 3 is 2.49 bits per heavy atom. The highest BCUT2D eigenvalue weighted by Crippen LogP contribution is 2.30. The Balaban J connectivity index is 2.43. The second-order valence-corrected chi connectivity index (χ2v) is 11.4. The summed E-state index contributed by atoms with van der Waals surface area (Å²) in [5.41, 5.74) is 10.0. The topological polar surface area (TPSA) is 37.3 Å². The Morgan fingerprint density at radius 2 is 1.86 bits per heavy atom. The van der Waals surface area contributed by atoms with Crippen molar-refractivity contribution in [2.75, 3.05) is 5.32 Å². The Bertz CT molecular complexity index is 1100. The minimum absolute atomic E-state index is 0.102. The molecule has 0 bridgehead atoms. The van der Waals surface area contributed by atoms with E-state index in [1.54, 1.807) is 0 Å². The van der Waals surface area contributed by atoms with Crippen molar-refractivity contribution in [1.29, 1.82) is 0 Å². The maximum absolute atomic E-state index is 5.38. The summed E-state index contributed by atoms with van der Waals surface area (Å²) in [5.74, 6) is 1.42. The van der Waals surface area contributed by atoms with Gasteiger partial charge in [-0.3, -0.25) is 4.99 Å². The third-order valence-electron chi connectivity index (χ3n) is 7.36. The number of nitrogens with zero attached hydrogens (tertiary/aromatic N) is 2. The van der Waals surface area contributed by atoms with E-state index in [0.717, 1.165) is 50.0 Å². The zero-order valence-electron chi connectivity index (χ0n) is 25.3. The molecule has 1 unspecified atom stereocenters. The lowest BCUT2D eigenvalue weighted by atomic mass is 9.91. The number of aliphatic imine (C=N–C) groups is 1. The fraction of sp³-hybridized carbons (Fsp3) is 0.529. The molecule has 202 valence electrons. The van der Waals surface area contributed by atoms with Crippen LogP contribution in [0.25, 0.3) is 0 Å². The highest BCUT2D eigenvalue weighted by atomic mass is 15.1. The van der Waals surface area contributed by atoms with Gasteiger partial charge in [-0.15, -0.1) is 0 Å². The van der Waals surface area contributed by atoms with Crippen LogP contribution in [0.1, 0.15) is 106 Å². The standard InChI is InChI=1S/C34H51N3/c1-11-15-27(8)30(17-14-16-25(6)12-2)32(26(7)13-3)36-31(24(4)5)21-20-29-19-18-28-22-23-34(9,10)37-33(28)35-29/h11,14-19,26H,12-13,20-23H2,1-10H3,(H,35,37)/b15-11-,17-14-,25-16-,30-27-,36-32?. The monoisotopic (exact) mass is 501 g/mol. The maximum atomic E-state index is 5.38. The molecule has 0 saturated heterocycles. The summed E-state index contributed by atoms with van der Waals surface area (Å²) in [4.78, 5) is 10.4. The van der Waals surface area contributed by atoms with Crippen LogP contribution in [0, 0.1) is 5.92 Å². The number of aryl methyl sites for hydroxylation is 2. The van der Waals surface area contributed by atoms with Crippen molar-refractivity contribution in [2.45, 2.75) is 113 Å². The summed E-state index contributed by atoms with van der Waals surface area (Å²) in [6.07, 6.45) is 17.1. The summed E-state index contributed by atoms with van der Waals surface area (Å²) in [6.45, 7) is 22.1. The molecule has 0 spiro atoms. The van der Waals surface area contributed by atoms with Crippen molar-refractivity contribution in [3.05, 3.63) is 81.8 Å². The van der Waals surface area contributed by atoms with Gasteiger partial charge in [0.25, 0.3) is 0 Å². The van der Waals surface area contributed by atoms with E-state index in [2.05, 4.69) is 117 Å². The lowest BCUT2D eigenvalue weighted by Crippen LogP contribution is -2.35. The van der Waals surface area contributed by atoms with Gasteiger partial charge in [-0.25, -0.2) is 4.98 Å². The van der Waals surface area contributed by atoms with Crippen LogP contribution in [0.4, 0.5) is 5.82 Å². The summed E-state index contributed by atoms with van der Waals surface area (Å²) >= 11 is 0. The minimum Gasteiger partial charge on any atom is -0.365 e. The summed E-state index contributed by atoms with van der Waals surface area (Å²) in [5, 5.41) is 3.64. The molecule has 0 aliphatic carbocycles. The average Bonchev–Trinajstić information content (AvgIpc) is 2.85. The van der Waals surface area contributed by atoms with Crippen molar-refractivity contribution in [3.8, 4) is 0 Å². The molecule has 1 atom stereocenters. The summed E-state index contributed by atoms with van der Waals surface area (Å²) in [7, 11) is 0. The van der Waals surface area contributed by atoms with E-state index in [-0.39, 0.29) is 5.54 Å². The Hall–Kier alpha value is -2.68. The number of allylic oxidation sites excluding steroid dienone is 10. The Kier molecular flexibility index (Phi) is 11.8. The molecule has 1 aliphatic rings. The molecule has 0 amide bonds. The molecule has 37 heavy (non-hydrogen) atoms. The van der Waals surface area contributed by atoms with Crippen molar-refractivity contribution < 1.29 is 0 Å². The number of hydrogen-bond donors (Lipinski definition) is 1. The average molecular weight is 502 g/mol. The number of anilines is 1. The molecule has 0 aromatic carbocycles. The highest BCUT2D eigenvalue weighted by Gasteiger charge is 2.25. The number of pyridine rings is 1. The molecule has 1 aromatic rings. The predicted octanol–water partition coefficient (Wildman–Crippen LogP) is 9.74. The number of fused-ring (bicyclic) bond motifs is 1. The van der Waals surface area contributed by atoms with Crippen molar-refractivity contribution >= 4 is 11.5 Å². The van der Waals surface area contributed by atoms with E-state index in [9.17, 15) is 0 Å². The van der Waals surface area contributed by atoms with E-state index in [1.165, 1.54) is 39.3 Å². The molecule has 1 aromatic heterocycles. The molecule has 0 fully saturated rings. The van der Waals surface area contributed by atoms with E-state index < -0.39 is 0 Å². The largest absolute Gasteiger partial charge is 0.365 e. The second kappa shape index (κ2) is 14.3. The van der Waals surface area contributed by atoms with Crippen LogP contribution in [0.15, 0.2) is 75.5 Å². The predicted molar refractivity (Wildman–Crippen MR) is 165 cm³/mol. The zero-order chi connectivity index (χ0) is 27.6. The first-order valence-corrected chi connectivity index (χ1v) is 14.2. The van der Waals surface area contributed by atoms with E-state index in [4.69, 9.17) is 9.98 Å². The Morgan fingerprint density at radius 1 is 1.14 bits per heavy atom. The van der Waals surface area contributed by atoms with Crippen molar-refractivity contribution in [2.24, 2.45) is 10.9 Å². The van der Waals surface area contributed by atoms with Crippen molar-refractivity contribution in [3.63, 3.8) is 0 Å². The lowest BCUT2D eigenvalue weighted by molar-refractivity contribution is 0.498. The van der Waals surface area contributed by atoms with Crippen LogP contribution < -0.4 is 5.32 Å². The molecule has 0 saturated carbocycles. The molecule has 3 heteroatoms. The molecule has 2 rings (SSSR count). The van der Waals surface area contributed by atoms with E-state index in [0.29, 0.717) is 5.92 Å². The van der Waals surface area contributed by atoms with Crippen LogP contribution >= 0.6 is 0 Å². The van der Waals surface area contributed by atoms with Crippen LogP contribution in [0.5, 0.6) is 0 Å². The maximum Gasteiger partial charge on any atom is 0.129 e. The van der Waals surface area contributed by atoms with Gasteiger partial charge < -0.3 is 5.32 Å². The van der Waals surface area contributed by atoms with E-state index in [1.807, 2.05) is 0 Å². The number of rotatable bonds is 11. The molecular weight excluding hydrogens is 450 g/mol. The van der Waals surface area contributed by atoms with Gasteiger partial charge in [0.15, 0.2) is 0 Å². The third-order valence-corrected chi connectivity index (χ3v) is 7.36. The minimum atomic E-state index is 0.102. The number of aromatic nitrogens is 1. The van der Waals surface area contributed by atoms with Crippen LogP contribution in [-0.2, 0) is 12.8 Å². The summed E-state index contributed by atoms with van der Waals surface area (Å²) in [6, 6.07) is 4.46. The van der Waals surface area contributed by atoms with Gasteiger partial charge in [-0.1, -0.05) is 68.4 Å². The fourth-order valence-electron chi connectivity index (χ4n) is 4.43. The molecule has 0 radical (unpaired) electrons. The van der Waals surface area contributed by atoms with Crippen LogP contribution in [0.3, 0.4) is 0 Å². The first-order valence-electron chi connectivity index (χ1n) is 14.2. The summed E-state index contributed by atoms with van der Waals surface area (Å²) < 4.78 is 0. The number of hydrogen-bond acceptors (Lipinski definition) is 3. The highest BCUT2D eigenvalue weighted by molar-refractivity contribution is 6.05. The normalized spacial score (nSPS) is 17.5. The number of nitrogens with one attached hydrogen (secondary N) is 1. The van der Waals surface area contributed by atoms with Gasteiger partial charge in [0.2, 0.25) is 0 Å². The lowest BCUT2D eigenvalue weighted by Gasteiger charge is -2.33. The smallest absolute Gasteiger partial charge is 0.129 e. The quantitative estimate of drug-likeness (QED) is 0.242. The molecule has 2 heterocycles. The van der Waals surface area contributed by atoms with Crippen LogP contribution in [0.2, 0.25) is 0 Å². The Labute approximate surface area is 227 Å². The fourth-order valence-corrected chi connectivity index (χ4v) is 4.43. The third kappa shape index (κ3) is 9.29. The molecule has 3 nitrogen and oxygen atoms in total. The molecule has 1 N–H and O–H groups in total.